The van der Waals surface area contributed by atoms with Gasteiger partial charge in [0, 0.05) is 5.56 Å². The third-order valence-electron chi connectivity index (χ3n) is 1.56. The molecular weight excluding hydrogens is 179 g/mol. The van der Waals surface area contributed by atoms with Crippen LogP contribution in [0.25, 0.3) is 0 Å². The molecule has 0 atom stereocenters. The number of aliphatic hydroxyl groups excluding tert-OH is 1. The second-order valence-electron chi connectivity index (χ2n) is 2.43. The summed E-state index contributed by atoms with van der Waals surface area (Å²) in [4.78, 5) is 10.4. The number of phenols is 1. The highest BCUT2D eigenvalue weighted by atomic mass is 19.1. The van der Waals surface area contributed by atoms with Gasteiger partial charge < -0.3 is 15.3 Å². The van der Waals surface area contributed by atoms with Crippen molar-refractivity contribution in [3.8, 4) is 5.75 Å². The average molecular weight is 186 g/mol. The molecule has 1 aromatic carbocycles. The van der Waals surface area contributed by atoms with Crippen molar-refractivity contribution in [1.82, 2.24) is 0 Å². The third-order valence-corrected chi connectivity index (χ3v) is 1.56. The van der Waals surface area contributed by atoms with Crippen molar-refractivity contribution in [2.45, 2.75) is 6.61 Å². The minimum Gasteiger partial charge on any atom is -0.505 e. The highest BCUT2D eigenvalue weighted by Gasteiger charge is 2.12. The molecule has 0 aliphatic rings. The van der Waals surface area contributed by atoms with E-state index in [2.05, 4.69) is 0 Å². The number of benzene rings is 1. The first-order chi connectivity index (χ1) is 6.06. The van der Waals surface area contributed by atoms with Gasteiger partial charge in [0.15, 0.2) is 11.6 Å². The van der Waals surface area contributed by atoms with E-state index in [1.165, 1.54) is 0 Å². The summed E-state index contributed by atoms with van der Waals surface area (Å²) in [5.41, 5.74) is -0.447. The summed E-state index contributed by atoms with van der Waals surface area (Å²) >= 11 is 0. The minimum atomic E-state index is -1.31. The van der Waals surface area contributed by atoms with Crippen molar-refractivity contribution in [2.75, 3.05) is 0 Å². The smallest absolute Gasteiger partial charge is 0.335 e. The van der Waals surface area contributed by atoms with E-state index >= 15 is 0 Å². The molecule has 0 fully saturated rings. The Morgan fingerprint density at radius 2 is 2.08 bits per heavy atom. The monoisotopic (exact) mass is 186 g/mol. The van der Waals surface area contributed by atoms with Crippen molar-refractivity contribution in [3.05, 3.63) is 29.1 Å². The van der Waals surface area contributed by atoms with Crippen LogP contribution in [-0.2, 0) is 6.61 Å². The number of halogens is 1. The zero-order valence-electron chi connectivity index (χ0n) is 6.49. The van der Waals surface area contributed by atoms with Gasteiger partial charge in [-0.15, -0.1) is 0 Å². The van der Waals surface area contributed by atoms with E-state index in [1.54, 1.807) is 0 Å². The summed E-state index contributed by atoms with van der Waals surface area (Å²) in [6, 6.07) is 1.71. The molecule has 0 aromatic heterocycles. The van der Waals surface area contributed by atoms with Gasteiger partial charge in [0.05, 0.1) is 12.2 Å². The van der Waals surface area contributed by atoms with Gasteiger partial charge in [0.25, 0.3) is 0 Å². The van der Waals surface area contributed by atoms with E-state index in [4.69, 9.17) is 15.3 Å². The molecule has 0 aliphatic heterocycles. The zero-order chi connectivity index (χ0) is 10.0. The Balaban J connectivity index is 3.30. The molecule has 0 aliphatic carbocycles. The lowest BCUT2D eigenvalue weighted by Crippen LogP contribution is -1.99. The van der Waals surface area contributed by atoms with Crippen LogP contribution in [0, 0.1) is 5.82 Å². The molecular formula is C8H7FO4. The van der Waals surface area contributed by atoms with Gasteiger partial charge in [-0.1, -0.05) is 0 Å². The molecule has 0 bridgehead atoms. The maximum Gasteiger partial charge on any atom is 0.335 e. The lowest BCUT2D eigenvalue weighted by Gasteiger charge is -2.03. The minimum absolute atomic E-state index is 0.141. The van der Waals surface area contributed by atoms with Crippen LogP contribution in [-0.4, -0.2) is 21.3 Å². The van der Waals surface area contributed by atoms with Crippen molar-refractivity contribution in [3.63, 3.8) is 0 Å². The van der Waals surface area contributed by atoms with E-state index in [1.807, 2.05) is 0 Å². The van der Waals surface area contributed by atoms with E-state index in [0.29, 0.717) is 6.07 Å². The van der Waals surface area contributed by atoms with Gasteiger partial charge in [0.2, 0.25) is 0 Å². The Hall–Kier alpha value is -1.62. The number of aliphatic hydroxyl groups is 1. The predicted octanol–water partition coefficient (Wildman–Crippen LogP) is 0.722. The Bertz CT molecular complexity index is 348. The summed E-state index contributed by atoms with van der Waals surface area (Å²) in [6.07, 6.45) is 0. The van der Waals surface area contributed by atoms with Crippen LogP contribution in [0.5, 0.6) is 5.75 Å². The standard InChI is InChI=1S/C8H7FO4/c9-6-2-4(8(12)13)1-5(3-10)7(6)11/h1-2,10-11H,3H2,(H,12,13). The number of carbonyl (C=O) groups is 1. The molecule has 0 unspecified atom stereocenters. The SMILES string of the molecule is O=C(O)c1cc(F)c(O)c(CO)c1. The second kappa shape index (κ2) is 3.40. The van der Waals surface area contributed by atoms with Gasteiger partial charge >= 0.3 is 5.97 Å². The lowest BCUT2D eigenvalue weighted by atomic mass is 10.1. The second-order valence-corrected chi connectivity index (χ2v) is 2.43. The van der Waals surface area contributed by atoms with Crippen molar-refractivity contribution >= 4 is 5.97 Å². The Kier molecular flexibility index (Phi) is 2.48. The van der Waals surface area contributed by atoms with E-state index < -0.39 is 24.1 Å². The van der Waals surface area contributed by atoms with Gasteiger partial charge in [-0.05, 0) is 12.1 Å². The first-order valence-corrected chi connectivity index (χ1v) is 3.41. The lowest BCUT2D eigenvalue weighted by molar-refractivity contribution is 0.0696. The third kappa shape index (κ3) is 1.75. The predicted molar refractivity (Wildman–Crippen MR) is 40.9 cm³/mol. The summed E-state index contributed by atoms with van der Waals surface area (Å²) in [6.45, 7) is -0.607. The highest BCUT2D eigenvalue weighted by Crippen LogP contribution is 2.22. The molecule has 0 radical (unpaired) electrons. The van der Waals surface area contributed by atoms with E-state index in [-0.39, 0.29) is 11.1 Å². The van der Waals surface area contributed by atoms with E-state index in [9.17, 15) is 9.18 Å². The highest BCUT2D eigenvalue weighted by molar-refractivity contribution is 5.88. The van der Waals surface area contributed by atoms with Crippen LogP contribution in [0.15, 0.2) is 12.1 Å². The van der Waals surface area contributed by atoms with Gasteiger partial charge in [-0.25, -0.2) is 9.18 Å². The molecule has 0 saturated heterocycles. The summed E-state index contributed by atoms with van der Waals surface area (Å²) in [5.74, 6) is -3.08. The molecule has 3 N–H and O–H groups in total. The summed E-state index contributed by atoms with van der Waals surface area (Å²) in [5, 5.41) is 26.1. The number of aromatic carboxylic acids is 1. The topological polar surface area (TPSA) is 77.8 Å². The Labute approximate surface area is 72.9 Å². The van der Waals surface area contributed by atoms with Crippen molar-refractivity contribution in [2.24, 2.45) is 0 Å². The molecule has 70 valence electrons. The first-order valence-electron chi connectivity index (χ1n) is 3.41. The van der Waals surface area contributed by atoms with Crippen molar-refractivity contribution in [1.29, 1.82) is 0 Å². The maximum atomic E-state index is 12.8. The van der Waals surface area contributed by atoms with Gasteiger partial charge in [-0.2, -0.15) is 0 Å². The number of carboxylic acids is 1. The quantitative estimate of drug-likeness (QED) is 0.636. The fourth-order valence-electron chi connectivity index (χ4n) is 0.900. The van der Waals surface area contributed by atoms with Crippen LogP contribution >= 0.6 is 0 Å². The maximum absolute atomic E-state index is 12.8. The zero-order valence-corrected chi connectivity index (χ0v) is 6.49. The number of aromatic hydroxyl groups is 1. The molecule has 1 rings (SSSR count). The molecule has 1 aromatic rings. The van der Waals surface area contributed by atoms with Gasteiger partial charge in [-0.3, -0.25) is 0 Å². The summed E-state index contributed by atoms with van der Waals surface area (Å²) in [7, 11) is 0. The van der Waals surface area contributed by atoms with Crippen LogP contribution in [0.3, 0.4) is 0 Å². The molecule has 4 nitrogen and oxygen atoms in total. The Morgan fingerprint density at radius 3 is 2.54 bits per heavy atom. The normalized spacial score (nSPS) is 10.0. The number of rotatable bonds is 2. The van der Waals surface area contributed by atoms with Crippen LogP contribution in [0.4, 0.5) is 4.39 Å². The molecule has 0 saturated carbocycles. The fraction of sp³-hybridized carbons (Fsp3) is 0.125. The number of hydrogen-bond donors (Lipinski definition) is 3. The first kappa shape index (κ1) is 9.47. The van der Waals surface area contributed by atoms with Gasteiger partial charge in [0.1, 0.15) is 0 Å². The number of hydrogen-bond acceptors (Lipinski definition) is 3. The largest absolute Gasteiger partial charge is 0.505 e. The van der Waals surface area contributed by atoms with Crippen LogP contribution < -0.4 is 0 Å². The van der Waals surface area contributed by atoms with Crippen LogP contribution in [0.2, 0.25) is 0 Å². The molecule has 0 heterocycles. The van der Waals surface area contributed by atoms with Crippen LogP contribution in [0.1, 0.15) is 15.9 Å². The van der Waals surface area contributed by atoms with E-state index in [0.717, 1.165) is 6.07 Å². The average Bonchev–Trinajstić information content (AvgIpc) is 2.09. The Morgan fingerprint density at radius 1 is 1.46 bits per heavy atom. The fourth-order valence-corrected chi connectivity index (χ4v) is 0.900. The molecule has 0 spiro atoms. The summed E-state index contributed by atoms with van der Waals surface area (Å²) < 4.78 is 12.8. The molecule has 0 amide bonds. The molecule has 13 heavy (non-hydrogen) atoms. The molecule has 5 heteroatoms. The van der Waals surface area contributed by atoms with Crippen molar-refractivity contribution < 1.29 is 24.5 Å². The number of carboxylic acid groups (broad SMARTS) is 1.